The van der Waals surface area contributed by atoms with Gasteiger partial charge in [0.25, 0.3) is 0 Å². The summed E-state index contributed by atoms with van der Waals surface area (Å²) in [5.41, 5.74) is 2.92. The molecule has 0 aliphatic carbocycles. The molecule has 2 aromatic carbocycles. The van der Waals surface area contributed by atoms with Crippen LogP contribution in [0.2, 0.25) is 0 Å². The Labute approximate surface area is 187 Å². The third-order valence-electron chi connectivity index (χ3n) is 7.19. The number of aromatic nitrogens is 2. The topological polar surface area (TPSA) is 81.6 Å². The number of H-pyrrole nitrogens is 1. The van der Waals surface area contributed by atoms with Gasteiger partial charge in [0, 0.05) is 31.2 Å². The summed E-state index contributed by atoms with van der Waals surface area (Å²) in [6.45, 7) is 2.41. The fourth-order valence-electron chi connectivity index (χ4n) is 5.68. The number of likely N-dealkylation sites (tertiary alicyclic amines) is 2. The molecule has 0 spiro atoms. The van der Waals surface area contributed by atoms with E-state index in [0.717, 1.165) is 43.4 Å². The molecule has 168 valence electrons. The number of carboxylic acid groups (broad SMARTS) is 1. The van der Waals surface area contributed by atoms with E-state index in [1.807, 2.05) is 34.9 Å². The highest BCUT2D eigenvalue weighted by molar-refractivity contribution is 5.75. The molecule has 2 aliphatic heterocycles. The Bertz CT molecular complexity index is 1140. The zero-order valence-corrected chi connectivity index (χ0v) is 18.2. The summed E-state index contributed by atoms with van der Waals surface area (Å²) in [6, 6.07) is 18.5. The number of para-hydroxylation sites is 2. The van der Waals surface area contributed by atoms with Gasteiger partial charge in [-0.1, -0.05) is 42.5 Å². The molecule has 7 heteroatoms. The van der Waals surface area contributed by atoms with Crippen LogP contribution in [0.25, 0.3) is 11.0 Å². The van der Waals surface area contributed by atoms with Crippen LogP contribution in [0.5, 0.6) is 0 Å². The molecule has 1 amide bonds. The van der Waals surface area contributed by atoms with Gasteiger partial charge in [-0.25, -0.2) is 9.59 Å². The number of amides is 1. The van der Waals surface area contributed by atoms with Crippen molar-refractivity contribution in [3.8, 4) is 0 Å². The van der Waals surface area contributed by atoms with E-state index in [1.54, 1.807) is 4.90 Å². The maximum Gasteiger partial charge on any atom is 0.407 e. The Balaban J connectivity index is 1.36. The maximum absolute atomic E-state index is 12.7. The summed E-state index contributed by atoms with van der Waals surface area (Å²) in [6.07, 6.45) is 3.52. The molecule has 0 bridgehead atoms. The van der Waals surface area contributed by atoms with Crippen LogP contribution in [-0.2, 0) is 6.54 Å². The van der Waals surface area contributed by atoms with Crippen LogP contribution in [0.15, 0.2) is 59.4 Å². The van der Waals surface area contributed by atoms with E-state index < -0.39 is 6.09 Å². The zero-order chi connectivity index (χ0) is 22.1. The predicted octanol–water partition coefficient (Wildman–Crippen LogP) is 4.07. The zero-order valence-electron chi connectivity index (χ0n) is 18.2. The van der Waals surface area contributed by atoms with Gasteiger partial charge in [0.1, 0.15) is 0 Å². The van der Waals surface area contributed by atoms with Gasteiger partial charge in [-0.3, -0.25) is 9.47 Å². The van der Waals surface area contributed by atoms with E-state index in [-0.39, 0.29) is 17.8 Å². The molecule has 32 heavy (non-hydrogen) atoms. The van der Waals surface area contributed by atoms with Gasteiger partial charge in [-0.15, -0.1) is 0 Å². The number of piperidine rings is 1. The number of rotatable bonds is 5. The molecule has 2 saturated heterocycles. The van der Waals surface area contributed by atoms with Gasteiger partial charge < -0.3 is 15.0 Å². The van der Waals surface area contributed by atoms with Gasteiger partial charge >= 0.3 is 11.8 Å². The molecular weight excluding hydrogens is 404 g/mol. The minimum Gasteiger partial charge on any atom is -0.465 e. The first kappa shape index (κ1) is 20.8. The minimum atomic E-state index is -0.854. The number of imidazole rings is 1. The molecule has 7 nitrogen and oxygen atoms in total. The smallest absolute Gasteiger partial charge is 0.407 e. The van der Waals surface area contributed by atoms with Crippen molar-refractivity contribution >= 4 is 17.1 Å². The van der Waals surface area contributed by atoms with E-state index >= 15 is 0 Å². The van der Waals surface area contributed by atoms with Gasteiger partial charge in [0.15, 0.2) is 0 Å². The van der Waals surface area contributed by atoms with Crippen molar-refractivity contribution in [2.75, 3.05) is 13.1 Å². The average Bonchev–Trinajstić information content (AvgIpc) is 3.37. The number of nitrogens with zero attached hydrogens (tertiary/aromatic N) is 3. The highest BCUT2D eigenvalue weighted by Gasteiger charge is 2.37. The van der Waals surface area contributed by atoms with Crippen LogP contribution < -0.4 is 5.69 Å². The summed E-state index contributed by atoms with van der Waals surface area (Å²) in [5.74, 6) is 0. The van der Waals surface area contributed by atoms with Crippen molar-refractivity contribution in [2.45, 2.75) is 56.8 Å². The summed E-state index contributed by atoms with van der Waals surface area (Å²) < 4.78 is 1.85. The number of carbonyl (C=O) groups is 1. The number of hydrogen-bond donors (Lipinski definition) is 2. The van der Waals surface area contributed by atoms with Crippen LogP contribution in [0, 0.1) is 0 Å². The molecule has 1 aromatic heterocycles. The number of benzene rings is 2. The Morgan fingerprint density at radius 1 is 1.00 bits per heavy atom. The van der Waals surface area contributed by atoms with E-state index in [0.29, 0.717) is 25.4 Å². The Kier molecular flexibility index (Phi) is 5.74. The van der Waals surface area contributed by atoms with Gasteiger partial charge in [0.05, 0.1) is 11.0 Å². The SMILES string of the molecule is O=C(O)N1CCC(n2c(=O)[nH]c3ccccc32)CC1C[C@@H]1CCCN1Cc1ccccc1. The van der Waals surface area contributed by atoms with Crippen molar-refractivity contribution < 1.29 is 9.90 Å². The number of aromatic amines is 1. The van der Waals surface area contributed by atoms with Crippen LogP contribution >= 0.6 is 0 Å². The van der Waals surface area contributed by atoms with Crippen LogP contribution in [0.1, 0.15) is 43.7 Å². The third-order valence-corrected chi connectivity index (χ3v) is 7.19. The molecule has 5 rings (SSSR count). The van der Waals surface area contributed by atoms with Gasteiger partial charge in [-0.05, 0) is 56.3 Å². The van der Waals surface area contributed by atoms with Crippen molar-refractivity contribution in [1.82, 2.24) is 19.4 Å². The maximum atomic E-state index is 12.7. The Hall–Kier alpha value is -3.06. The summed E-state index contributed by atoms with van der Waals surface area (Å²) in [4.78, 5) is 31.8. The van der Waals surface area contributed by atoms with Crippen LogP contribution in [-0.4, -0.2) is 55.7 Å². The van der Waals surface area contributed by atoms with Gasteiger partial charge in [-0.2, -0.15) is 0 Å². The second-order valence-corrected chi connectivity index (χ2v) is 9.11. The fraction of sp³-hybridized carbons (Fsp3) is 0.440. The fourth-order valence-corrected chi connectivity index (χ4v) is 5.68. The Morgan fingerprint density at radius 3 is 2.59 bits per heavy atom. The summed E-state index contributed by atoms with van der Waals surface area (Å²) in [5, 5.41) is 9.86. The minimum absolute atomic E-state index is 0.00299. The molecule has 2 unspecified atom stereocenters. The van der Waals surface area contributed by atoms with Gasteiger partial charge in [0.2, 0.25) is 0 Å². The molecule has 2 fully saturated rings. The van der Waals surface area contributed by atoms with Crippen molar-refractivity contribution in [2.24, 2.45) is 0 Å². The lowest BCUT2D eigenvalue weighted by molar-refractivity contribution is 0.0744. The number of nitrogens with one attached hydrogen (secondary N) is 1. The molecule has 3 aromatic rings. The molecule has 3 heterocycles. The largest absolute Gasteiger partial charge is 0.465 e. The van der Waals surface area contributed by atoms with E-state index in [2.05, 4.69) is 34.1 Å². The predicted molar refractivity (Wildman–Crippen MR) is 124 cm³/mol. The van der Waals surface area contributed by atoms with Crippen molar-refractivity contribution in [3.63, 3.8) is 0 Å². The normalized spacial score (nSPS) is 24.2. The first-order valence-corrected chi connectivity index (χ1v) is 11.6. The van der Waals surface area contributed by atoms with Crippen molar-refractivity contribution in [3.05, 3.63) is 70.6 Å². The standard InChI is InChI=1S/C25H30N4O3/c30-24-26-22-10-4-5-11-23(22)29(24)20-12-14-28(25(31)32)21(16-20)15-19-9-6-13-27(19)17-18-7-2-1-3-8-18/h1-5,7-8,10-11,19-21H,6,9,12-17H2,(H,26,30)(H,31,32)/t19-,20?,21?/m0/s1. The highest BCUT2D eigenvalue weighted by atomic mass is 16.4. The lowest BCUT2D eigenvalue weighted by Gasteiger charge is -2.40. The Morgan fingerprint density at radius 2 is 1.78 bits per heavy atom. The first-order chi connectivity index (χ1) is 15.6. The number of fused-ring (bicyclic) bond motifs is 1. The molecule has 2 aliphatic rings. The highest BCUT2D eigenvalue weighted by Crippen LogP contribution is 2.34. The van der Waals surface area contributed by atoms with Crippen molar-refractivity contribution in [1.29, 1.82) is 0 Å². The van der Waals surface area contributed by atoms with E-state index in [9.17, 15) is 14.7 Å². The van der Waals surface area contributed by atoms with E-state index in [4.69, 9.17) is 0 Å². The summed E-state index contributed by atoms with van der Waals surface area (Å²) in [7, 11) is 0. The molecule has 0 saturated carbocycles. The second kappa shape index (κ2) is 8.82. The molecule has 0 radical (unpaired) electrons. The average molecular weight is 435 g/mol. The monoisotopic (exact) mass is 434 g/mol. The first-order valence-electron chi connectivity index (χ1n) is 11.6. The lowest BCUT2D eigenvalue weighted by atomic mass is 9.91. The quantitative estimate of drug-likeness (QED) is 0.634. The molecule has 3 atom stereocenters. The van der Waals surface area contributed by atoms with Crippen LogP contribution in [0.3, 0.4) is 0 Å². The third kappa shape index (κ3) is 4.05. The van der Waals surface area contributed by atoms with E-state index in [1.165, 1.54) is 5.56 Å². The second-order valence-electron chi connectivity index (χ2n) is 9.11. The molecule has 2 N–H and O–H groups in total. The molecular formula is C25H30N4O3. The lowest BCUT2D eigenvalue weighted by Crippen LogP contribution is -2.49. The summed E-state index contributed by atoms with van der Waals surface area (Å²) >= 11 is 0. The number of hydrogen-bond acceptors (Lipinski definition) is 3. The van der Waals surface area contributed by atoms with Crippen LogP contribution in [0.4, 0.5) is 4.79 Å².